The second-order valence-electron chi connectivity index (χ2n) is 4.73. The van der Waals surface area contributed by atoms with Crippen LogP contribution in [0.1, 0.15) is 30.9 Å². The summed E-state index contributed by atoms with van der Waals surface area (Å²) in [5.41, 5.74) is 7.19. The van der Waals surface area contributed by atoms with Crippen LogP contribution in [0.5, 0.6) is 5.75 Å². The summed E-state index contributed by atoms with van der Waals surface area (Å²) in [5.74, 6) is 0.855. The van der Waals surface area contributed by atoms with Crippen molar-refractivity contribution in [3.63, 3.8) is 0 Å². The highest BCUT2D eigenvalue weighted by Crippen LogP contribution is 2.37. The molecule has 1 aromatic carbocycles. The fourth-order valence-corrected chi connectivity index (χ4v) is 2.81. The summed E-state index contributed by atoms with van der Waals surface area (Å²) in [7, 11) is 0. The SMILES string of the molecule is N[C@H]1CC(C2CCCO2)Oc2ccc(Cl)cc21. The molecule has 92 valence electrons. The van der Waals surface area contributed by atoms with E-state index in [1.54, 1.807) is 0 Å². The van der Waals surface area contributed by atoms with Crippen LogP contribution in [0.15, 0.2) is 18.2 Å². The Morgan fingerprint density at radius 2 is 2.18 bits per heavy atom. The first-order valence-electron chi connectivity index (χ1n) is 6.07. The molecule has 0 amide bonds. The zero-order valence-corrected chi connectivity index (χ0v) is 10.3. The van der Waals surface area contributed by atoms with Gasteiger partial charge in [0.2, 0.25) is 0 Å². The zero-order chi connectivity index (χ0) is 11.8. The maximum absolute atomic E-state index is 6.18. The van der Waals surface area contributed by atoms with Crippen molar-refractivity contribution >= 4 is 11.6 Å². The van der Waals surface area contributed by atoms with E-state index in [4.69, 9.17) is 26.8 Å². The van der Waals surface area contributed by atoms with E-state index >= 15 is 0 Å². The first-order valence-corrected chi connectivity index (χ1v) is 6.45. The van der Waals surface area contributed by atoms with Crippen LogP contribution >= 0.6 is 11.6 Å². The summed E-state index contributed by atoms with van der Waals surface area (Å²) in [6.45, 7) is 0.841. The normalized spacial score (nSPS) is 32.0. The van der Waals surface area contributed by atoms with Crippen molar-refractivity contribution < 1.29 is 9.47 Å². The third-order valence-corrected chi connectivity index (χ3v) is 3.75. The minimum Gasteiger partial charge on any atom is -0.487 e. The predicted molar refractivity (Wildman–Crippen MR) is 66.4 cm³/mol. The van der Waals surface area contributed by atoms with Gasteiger partial charge in [0.25, 0.3) is 0 Å². The maximum Gasteiger partial charge on any atom is 0.127 e. The molecule has 0 bridgehead atoms. The van der Waals surface area contributed by atoms with Gasteiger partial charge in [-0.2, -0.15) is 0 Å². The number of benzene rings is 1. The minimum absolute atomic E-state index is 0.00773. The fourth-order valence-electron chi connectivity index (χ4n) is 2.63. The average Bonchev–Trinajstić information content (AvgIpc) is 2.83. The van der Waals surface area contributed by atoms with Gasteiger partial charge in [0.15, 0.2) is 0 Å². The topological polar surface area (TPSA) is 44.5 Å². The Kier molecular flexibility index (Phi) is 2.99. The van der Waals surface area contributed by atoms with E-state index in [1.807, 2.05) is 18.2 Å². The Morgan fingerprint density at radius 3 is 2.94 bits per heavy atom. The summed E-state index contributed by atoms with van der Waals surface area (Å²) in [4.78, 5) is 0. The lowest BCUT2D eigenvalue weighted by molar-refractivity contribution is -0.00194. The molecule has 1 fully saturated rings. The van der Waals surface area contributed by atoms with E-state index in [1.165, 1.54) is 0 Å². The highest BCUT2D eigenvalue weighted by molar-refractivity contribution is 6.30. The molecule has 3 nitrogen and oxygen atoms in total. The number of hydrogen-bond acceptors (Lipinski definition) is 3. The Hall–Kier alpha value is -0.770. The summed E-state index contributed by atoms with van der Waals surface area (Å²) < 4.78 is 11.7. The molecule has 0 aromatic heterocycles. The highest BCUT2D eigenvalue weighted by atomic mass is 35.5. The van der Waals surface area contributed by atoms with Crippen LogP contribution in [-0.4, -0.2) is 18.8 Å². The molecule has 2 unspecified atom stereocenters. The Morgan fingerprint density at radius 1 is 1.29 bits per heavy atom. The first kappa shape index (κ1) is 11.3. The largest absolute Gasteiger partial charge is 0.487 e. The molecule has 3 atom stereocenters. The van der Waals surface area contributed by atoms with Crippen LogP contribution in [0.2, 0.25) is 5.02 Å². The van der Waals surface area contributed by atoms with E-state index in [9.17, 15) is 0 Å². The summed E-state index contributed by atoms with van der Waals surface area (Å²) >= 11 is 5.97. The van der Waals surface area contributed by atoms with E-state index in [-0.39, 0.29) is 18.2 Å². The Balaban J connectivity index is 1.84. The molecule has 2 aliphatic rings. The molecule has 0 saturated carbocycles. The molecule has 17 heavy (non-hydrogen) atoms. The maximum atomic E-state index is 6.18. The lowest BCUT2D eigenvalue weighted by Gasteiger charge is -2.33. The molecule has 0 radical (unpaired) electrons. The number of halogens is 1. The Bertz CT molecular complexity index is 418. The number of nitrogens with two attached hydrogens (primary N) is 1. The lowest BCUT2D eigenvalue weighted by atomic mass is 9.94. The number of ether oxygens (including phenoxy) is 2. The van der Waals surface area contributed by atoms with Gasteiger partial charge < -0.3 is 15.2 Å². The predicted octanol–water partition coefficient (Wildman–Crippen LogP) is 2.67. The molecular formula is C13H16ClNO2. The van der Waals surface area contributed by atoms with Gasteiger partial charge in [-0.25, -0.2) is 0 Å². The molecule has 2 heterocycles. The molecule has 4 heteroatoms. The van der Waals surface area contributed by atoms with Crippen molar-refractivity contribution in [3.05, 3.63) is 28.8 Å². The van der Waals surface area contributed by atoms with Gasteiger partial charge in [0, 0.05) is 29.7 Å². The molecular weight excluding hydrogens is 238 g/mol. The summed E-state index contributed by atoms with van der Waals surface area (Å²) in [5, 5.41) is 0.707. The standard InChI is InChI=1S/C13H16ClNO2/c14-8-3-4-11-9(6-8)10(15)7-13(17-11)12-2-1-5-16-12/h3-4,6,10,12-13H,1-2,5,7,15H2/t10-,12?,13?/m0/s1. The lowest BCUT2D eigenvalue weighted by Crippen LogP contribution is -2.38. The second kappa shape index (κ2) is 4.48. The van der Waals surface area contributed by atoms with E-state index in [0.29, 0.717) is 5.02 Å². The van der Waals surface area contributed by atoms with Crippen LogP contribution in [0.4, 0.5) is 0 Å². The third-order valence-electron chi connectivity index (χ3n) is 3.52. The molecule has 3 rings (SSSR count). The van der Waals surface area contributed by atoms with Gasteiger partial charge >= 0.3 is 0 Å². The second-order valence-corrected chi connectivity index (χ2v) is 5.17. The van der Waals surface area contributed by atoms with Crippen molar-refractivity contribution in [1.29, 1.82) is 0 Å². The smallest absolute Gasteiger partial charge is 0.127 e. The van der Waals surface area contributed by atoms with Gasteiger partial charge in [0.05, 0.1) is 6.10 Å². The van der Waals surface area contributed by atoms with Crippen molar-refractivity contribution in [2.75, 3.05) is 6.61 Å². The quantitative estimate of drug-likeness (QED) is 0.837. The van der Waals surface area contributed by atoms with Crippen LogP contribution in [-0.2, 0) is 4.74 Å². The van der Waals surface area contributed by atoms with Crippen molar-refractivity contribution in [2.24, 2.45) is 5.73 Å². The fraction of sp³-hybridized carbons (Fsp3) is 0.538. The summed E-state index contributed by atoms with van der Waals surface area (Å²) in [6.07, 6.45) is 3.28. The van der Waals surface area contributed by atoms with Gasteiger partial charge in [-0.15, -0.1) is 0 Å². The van der Waals surface area contributed by atoms with E-state index in [2.05, 4.69) is 0 Å². The molecule has 1 aromatic rings. The first-order chi connectivity index (χ1) is 8.24. The summed E-state index contributed by atoms with van der Waals surface area (Å²) in [6, 6.07) is 5.63. The van der Waals surface area contributed by atoms with Crippen LogP contribution in [0.3, 0.4) is 0 Å². The van der Waals surface area contributed by atoms with Gasteiger partial charge in [0.1, 0.15) is 11.9 Å². The average molecular weight is 254 g/mol. The van der Waals surface area contributed by atoms with Crippen molar-refractivity contribution in [1.82, 2.24) is 0 Å². The van der Waals surface area contributed by atoms with Gasteiger partial charge in [-0.1, -0.05) is 11.6 Å². The Labute approximate surface area is 106 Å². The van der Waals surface area contributed by atoms with Crippen LogP contribution in [0.25, 0.3) is 0 Å². The number of fused-ring (bicyclic) bond motifs is 1. The zero-order valence-electron chi connectivity index (χ0n) is 9.56. The molecule has 2 aliphatic heterocycles. The van der Waals surface area contributed by atoms with Crippen molar-refractivity contribution in [2.45, 2.75) is 37.5 Å². The highest BCUT2D eigenvalue weighted by Gasteiger charge is 2.34. The van der Waals surface area contributed by atoms with Crippen molar-refractivity contribution in [3.8, 4) is 5.75 Å². The monoisotopic (exact) mass is 253 g/mol. The van der Waals surface area contributed by atoms with Gasteiger partial charge in [-0.3, -0.25) is 0 Å². The van der Waals surface area contributed by atoms with Crippen LogP contribution < -0.4 is 10.5 Å². The molecule has 2 N–H and O–H groups in total. The minimum atomic E-state index is -0.00773. The van der Waals surface area contributed by atoms with Gasteiger partial charge in [-0.05, 0) is 31.0 Å². The molecule has 0 spiro atoms. The van der Waals surface area contributed by atoms with E-state index < -0.39 is 0 Å². The third kappa shape index (κ3) is 2.15. The molecule has 1 saturated heterocycles. The molecule has 0 aliphatic carbocycles. The van der Waals surface area contributed by atoms with Crippen LogP contribution in [0, 0.1) is 0 Å². The van der Waals surface area contributed by atoms with E-state index in [0.717, 1.165) is 37.2 Å². The number of hydrogen-bond donors (Lipinski definition) is 1. The number of rotatable bonds is 1.